The molecular formula is C17H20ClNO3. The number of halogens is 1. The van der Waals surface area contributed by atoms with Gasteiger partial charge in [-0.1, -0.05) is 29.8 Å². The Labute approximate surface area is 135 Å². The summed E-state index contributed by atoms with van der Waals surface area (Å²) in [5, 5.41) is 10.1. The number of carbonyl (C=O) groups is 2. The number of nitrogens with zero attached hydrogens (tertiary/aromatic N) is 1. The van der Waals surface area contributed by atoms with Crippen LogP contribution in [0.3, 0.4) is 0 Å². The number of aliphatic carboxylic acids is 1. The van der Waals surface area contributed by atoms with Gasteiger partial charge in [-0.25, -0.2) is 0 Å². The van der Waals surface area contributed by atoms with Gasteiger partial charge in [-0.05, 0) is 43.7 Å². The molecular weight excluding hydrogens is 302 g/mol. The second-order valence-electron chi connectivity index (χ2n) is 6.70. The summed E-state index contributed by atoms with van der Waals surface area (Å²) in [5.74, 6) is -0.601. The summed E-state index contributed by atoms with van der Waals surface area (Å²) < 4.78 is 0. The van der Waals surface area contributed by atoms with Crippen LogP contribution in [-0.2, 0) is 9.59 Å². The highest BCUT2D eigenvalue weighted by Gasteiger charge is 2.49. The van der Waals surface area contributed by atoms with Crippen LogP contribution in [0.2, 0.25) is 5.02 Å². The third-order valence-corrected chi connectivity index (χ3v) is 5.28. The van der Waals surface area contributed by atoms with E-state index in [1.807, 2.05) is 24.3 Å². The molecule has 1 aromatic carbocycles. The number of amides is 1. The molecule has 22 heavy (non-hydrogen) atoms. The van der Waals surface area contributed by atoms with E-state index in [-0.39, 0.29) is 17.7 Å². The topological polar surface area (TPSA) is 57.6 Å². The predicted molar refractivity (Wildman–Crippen MR) is 83.9 cm³/mol. The van der Waals surface area contributed by atoms with Gasteiger partial charge in [0.1, 0.15) is 0 Å². The highest BCUT2D eigenvalue weighted by Crippen LogP contribution is 2.51. The summed E-state index contributed by atoms with van der Waals surface area (Å²) in [6.45, 7) is 2.70. The Kier molecular flexibility index (Phi) is 3.89. The third kappa shape index (κ3) is 2.72. The van der Waals surface area contributed by atoms with Crippen LogP contribution in [0, 0.1) is 11.3 Å². The summed E-state index contributed by atoms with van der Waals surface area (Å²) in [6.07, 6.45) is 2.19. The maximum Gasteiger partial charge on any atom is 0.311 e. The molecule has 118 valence electrons. The molecule has 1 saturated heterocycles. The summed E-state index contributed by atoms with van der Waals surface area (Å²) in [5.41, 5.74) is 0.211. The van der Waals surface area contributed by atoms with Crippen molar-refractivity contribution < 1.29 is 14.7 Å². The lowest BCUT2D eigenvalue weighted by Gasteiger charge is -2.37. The zero-order chi connectivity index (χ0) is 15.9. The van der Waals surface area contributed by atoms with Crippen molar-refractivity contribution in [2.45, 2.75) is 32.1 Å². The first-order valence-corrected chi connectivity index (χ1v) is 8.07. The number of carboxylic acids is 1. The van der Waals surface area contributed by atoms with E-state index in [1.54, 1.807) is 11.8 Å². The number of hydrogen-bond donors (Lipinski definition) is 1. The van der Waals surface area contributed by atoms with Gasteiger partial charge in [-0.15, -0.1) is 0 Å². The third-order valence-electron chi connectivity index (χ3n) is 4.94. The minimum absolute atomic E-state index is 0.0453. The molecule has 1 heterocycles. The van der Waals surface area contributed by atoms with Crippen LogP contribution < -0.4 is 0 Å². The number of hydrogen-bond acceptors (Lipinski definition) is 2. The number of piperidine rings is 1. The van der Waals surface area contributed by atoms with Crippen LogP contribution in [-0.4, -0.2) is 35.0 Å². The van der Waals surface area contributed by atoms with Crippen LogP contribution >= 0.6 is 11.6 Å². The molecule has 4 nitrogen and oxygen atoms in total. The van der Waals surface area contributed by atoms with E-state index in [9.17, 15) is 14.7 Å². The van der Waals surface area contributed by atoms with Crippen molar-refractivity contribution >= 4 is 23.5 Å². The summed E-state index contributed by atoms with van der Waals surface area (Å²) >= 11 is 6.20. The van der Waals surface area contributed by atoms with Gasteiger partial charge in [0.15, 0.2) is 0 Å². The van der Waals surface area contributed by atoms with Gasteiger partial charge in [-0.3, -0.25) is 9.59 Å². The second-order valence-corrected chi connectivity index (χ2v) is 7.11. The number of likely N-dealkylation sites (tertiary alicyclic amines) is 1. The minimum Gasteiger partial charge on any atom is -0.481 e. The zero-order valence-corrected chi connectivity index (χ0v) is 13.3. The molecule has 1 aliphatic carbocycles. The van der Waals surface area contributed by atoms with E-state index < -0.39 is 11.4 Å². The van der Waals surface area contributed by atoms with Crippen LogP contribution in [0.25, 0.3) is 0 Å². The molecule has 1 saturated carbocycles. The molecule has 3 atom stereocenters. The monoisotopic (exact) mass is 321 g/mol. The van der Waals surface area contributed by atoms with Crippen molar-refractivity contribution in [1.82, 2.24) is 4.90 Å². The molecule has 1 aromatic rings. The molecule has 1 N–H and O–H groups in total. The molecule has 1 aliphatic heterocycles. The van der Waals surface area contributed by atoms with Crippen molar-refractivity contribution in [3.8, 4) is 0 Å². The van der Waals surface area contributed by atoms with Crippen molar-refractivity contribution in [1.29, 1.82) is 0 Å². The fourth-order valence-corrected chi connectivity index (χ4v) is 3.70. The van der Waals surface area contributed by atoms with Gasteiger partial charge in [0.25, 0.3) is 0 Å². The van der Waals surface area contributed by atoms with Crippen LogP contribution in [0.1, 0.15) is 37.7 Å². The van der Waals surface area contributed by atoms with Gasteiger partial charge >= 0.3 is 5.97 Å². The molecule has 0 bridgehead atoms. The fourth-order valence-electron chi connectivity index (χ4n) is 3.42. The highest BCUT2D eigenvalue weighted by molar-refractivity contribution is 6.31. The minimum atomic E-state index is -0.817. The maximum absolute atomic E-state index is 12.7. The van der Waals surface area contributed by atoms with E-state index in [0.717, 1.165) is 18.4 Å². The van der Waals surface area contributed by atoms with Crippen LogP contribution in [0.4, 0.5) is 0 Å². The second kappa shape index (κ2) is 5.58. The molecule has 1 amide bonds. The van der Waals surface area contributed by atoms with E-state index in [2.05, 4.69) is 0 Å². The van der Waals surface area contributed by atoms with E-state index in [4.69, 9.17) is 11.6 Å². The smallest absolute Gasteiger partial charge is 0.311 e. The van der Waals surface area contributed by atoms with Crippen LogP contribution in [0.5, 0.6) is 0 Å². The standard InChI is InChI=1S/C17H20ClNO3/c1-17(16(21)22)7-4-8-19(10-17)15(20)13-9-12(13)11-5-2-3-6-14(11)18/h2-3,5-6,12-13H,4,7-10H2,1H3,(H,21,22). The molecule has 0 spiro atoms. The summed E-state index contributed by atoms with van der Waals surface area (Å²) in [4.78, 5) is 25.8. The molecule has 0 radical (unpaired) electrons. The van der Waals surface area contributed by atoms with E-state index >= 15 is 0 Å². The lowest BCUT2D eigenvalue weighted by molar-refractivity contribution is -0.153. The van der Waals surface area contributed by atoms with Gasteiger partial charge in [-0.2, -0.15) is 0 Å². The van der Waals surface area contributed by atoms with Gasteiger partial charge in [0.05, 0.1) is 5.41 Å². The van der Waals surface area contributed by atoms with Crippen molar-refractivity contribution in [3.63, 3.8) is 0 Å². The van der Waals surface area contributed by atoms with Crippen LogP contribution in [0.15, 0.2) is 24.3 Å². The fraction of sp³-hybridized carbons (Fsp3) is 0.529. The largest absolute Gasteiger partial charge is 0.481 e. The highest BCUT2D eigenvalue weighted by atomic mass is 35.5. The quantitative estimate of drug-likeness (QED) is 0.930. The van der Waals surface area contributed by atoms with E-state index in [1.165, 1.54) is 0 Å². The molecule has 2 aliphatic rings. The van der Waals surface area contributed by atoms with Gasteiger partial charge in [0.2, 0.25) is 5.91 Å². The SMILES string of the molecule is CC1(C(=O)O)CCCN(C(=O)C2CC2c2ccccc2Cl)C1. The Morgan fingerprint density at radius 1 is 1.36 bits per heavy atom. The number of carbonyl (C=O) groups excluding carboxylic acids is 1. The van der Waals surface area contributed by atoms with Gasteiger partial charge in [0, 0.05) is 24.0 Å². The number of rotatable bonds is 3. The first kappa shape index (κ1) is 15.3. The van der Waals surface area contributed by atoms with Crippen molar-refractivity contribution in [2.75, 3.05) is 13.1 Å². The lowest BCUT2D eigenvalue weighted by Crippen LogP contribution is -2.49. The molecule has 5 heteroatoms. The van der Waals surface area contributed by atoms with Crippen molar-refractivity contribution in [3.05, 3.63) is 34.9 Å². The maximum atomic E-state index is 12.7. The van der Waals surface area contributed by atoms with E-state index in [0.29, 0.717) is 24.5 Å². The Bertz CT molecular complexity index is 618. The Hall–Kier alpha value is -1.55. The normalized spacial score (nSPS) is 30.9. The number of carboxylic acid groups (broad SMARTS) is 1. The predicted octanol–water partition coefficient (Wildman–Crippen LogP) is 3.16. The molecule has 3 unspecified atom stereocenters. The van der Waals surface area contributed by atoms with Crippen molar-refractivity contribution in [2.24, 2.45) is 11.3 Å². The van der Waals surface area contributed by atoms with Gasteiger partial charge < -0.3 is 10.0 Å². The molecule has 0 aromatic heterocycles. The Morgan fingerprint density at radius 2 is 2.09 bits per heavy atom. The first-order chi connectivity index (χ1) is 10.4. The first-order valence-electron chi connectivity index (χ1n) is 7.69. The Balaban J connectivity index is 1.69. The molecule has 3 rings (SSSR count). The average molecular weight is 322 g/mol. The summed E-state index contributed by atoms with van der Waals surface area (Å²) in [6, 6.07) is 7.63. The number of benzene rings is 1. The average Bonchev–Trinajstić information content (AvgIpc) is 3.27. The lowest BCUT2D eigenvalue weighted by atomic mass is 9.82. The molecule has 2 fully saturated rings. The Morgan fingerprint density at radius 3 is 2.77 bits per heavy atom. The summed E-state index contributed by atoms with van der Waals surface area (Å²) in [7, 11) is 0. The zero-order valence-electron chi connectivity index (χ0n) is 12.6.